The molecule has 0 radical (unpaired) electrons. The number of nitrogens with zero attached hydrogens (tertiary/aromatic N) is 8. The lowest BCUT2D eigenvalue weighted by Crippen LogP contribution is -2.62. The van der Waals surface area contributed by atoms with Crippen molar-refractivity contribution in [1.82, 2.24) is 19.6 Å². The van der Waals surface area contributed by atoms with Crippen LogP contribution >= 0.6 is 67.8 Å². The van der Waals surface area contributed by atoms with Crippen molar-refractivity contribution >= 4 is 90.5 Å². The third kappa shape index (κ3) is 21.5. The summed E-state index contributed by atoms with van der Waals surface area (Å²) >= 11 is 7.50. The van der Waals surface area contributed by atoms with Crippen LogP contribution in [0.2, 0.25) is 0 Å². The first-order chi connectivity index (χ1) is 54.2. The Hall–Kier alpha value is -4.35. The maximum atomic E-state index is 2.86. The van der Waals surface area contributed by atoms with Gasteiger partial charge in [0, 0.05) is 101 Å². The molecule has 0 spiro atoms. The largest absolute Gasteiger partial charge is 0.354 e. The third-order valence-corrected chi connectivity index (χ3v) is 32.8. The van der Waals surface area contributed by atoms with Crippen LogP contribution in [0.4, 0.5) is 22.7 Å². The van der Waals surface area contributed by atoms with Crippen LogP contribution in [-0.2, 0) is 0 Å². The Labute approximate surface area is 750 Å². The van der Waals surface area contributed by atoms with Gasteiger partial charge in [-0.15, -0.1) is 0 Å². The van der Waals surface area contributed by atoms with Crippen LogP contribution in [0.1, 0.15) is 329 Å². The topological polar surface area (TPSA) is 25.9 Å². The van der Waals surface area contributed by atoms with Gasteiger partial charge in [0.25, 0.3) is 0 Å². The van der Waals surface area contributed by atoms with Crippen molar-refractivity contribution in [1.29, 1.82) is 0 Å². The first kappa shape index (κ1) is 92.4. The van der Waals surface area contributed by atoms with Gasteiger partial charge in [-0.1, -0.05) is 204 Å². The molecule has 0 atom stereocenters. The molecule has 21 rings (SSSR count). The smallest absolute Gasteiger partial charge is 0.0989 e. The summed E-state index contributed by atoms with van der Waals surface area (Å²) in [5.74, 6) is 11.8. The molecule has 638 valence electrons. The predicted octanol–water partition coefficient (Wildman–Crippen LogP) is 29.9. The number of halogens is 3. The SMILES string of the molecule is C.C1=CN(C23CC4CC(CC(C4)C2)C3)CN1C12CC3CC(CC(C3)C1)C2.CC(C)(C)N1C=CN(C(C)(C)C)C1.CC(C)c1cccc(C(C)C)c1N1C=CN(c2c(C(C)C)cccc2C(C)C)C1.CCCI.Cc1cc(C)c(I)c(C)c1.Cc1cc(C)c(N2C=CN(c3c(C)cc(C)cc3C)C2)c(C)c1.IC12CC3CC(CC(C3)C1)C2. The van der Waals surface area contributed by atoms with Crippen LogP contribution in [0.5, 0.6) is 0 Å². The van der Waals surface area contributed by atoms with Crippen LogP contribution in [0.15, 0.2) is 122 Å². The van der Waals surface area contributed by atoms with E-state index in [2.05, 4.69) is 396 Å². The highest BCUT2D eigenvalue weighted by Crippen LogP contribution is 2.62. The lowest BCUT2D eigenvalue weighted by atomic mass is 9.52. The Kier molecular flexibility index (Phi) is 30.4. The first-order valence-electron chi connectivity index (χ1n) is 45.5. The second-order valence-electron chi connectivity index (χ2n) is 42.3. The minimum absolute atomic E-state index is 0. The standard InChI is InChI=1S/C27H38N2.C23H34N2.C21H26N2.C11H22N2.C10H15I.C9H11I.C3H7I.CH4/c1-18(2)22-11-9-12-23(19(3)4)26(22)28-15-16-29(17-28)27-24(20(5)6)13-10-14-25(27)21(7)8;1-2-25(23-12-19-6-20(13-23)8-21(7-19)14-23)15-24(1)22-9-16-3-17(10-22)5-18(4-16)11-22;1-14-9-16(3)20(17(4)10-14)22-7-8-23(13-22)21-18(5)11-15(2)12-19(21)6;1-10(2,3)12-7-8-13(9-12)11(4,5)6;11-10-4-7-1-8(5-10)3-9(2-7)6-10;1-6-4-7(2)9(10)8(3)5-6;1-2-3-4;/h9-16,18-21H,17H2,1-8H3;1-2,16-21H,3-15H2;7-12H,13H2,1-6H3;7-8H,9H2,1-6H3;7-9H,1-6H2;4-5H,1-3H3;2-3H2,1H3;1H4. The van der Waals surface area contributed by atoms with E-state index in [-0.39, 0.29) is 18.5 Å². The van der Waals surface area contributed by atoms with E-state index in [1.165, 1.54) is 155 Å². The molecule has 0 aromatic heterocycles. The number of rotatable bonds is 11. The molecule has 0 saturated heterocycles. The molecule has 116 heavy (non-hydrogen) atoms. The summed E-state index contributed by atoms with van der Waals surface area (Å²) in [5, 5.41) is 0. The quantitative estimate of drug-likeness (QED) is 0.0954. The number of hydrogen-bond acceptors (Lipinski definition) is 8. The van der Waals surface area contributed by atoms with Gasteiger partial charge in [0.1, 0.15) is 0 Å². The molecular weight excluding hydrogens is 1750 g/mol. The Morgan fingerprint density at radius 2 is 0.595 bits per heavy atom. The minimum atomic E-state index is 0. The molecule has 4 aliphatic heterocycles. The molecule has 4 heterocycles. The van der Waals surface area contributed by atoms with E-state index in [4.69, 9.17) is 0 Å². The van der Waals surface area contributed by atoms with Gasteiger partial charge < -0.3 is 39.2 Å². The molecule has 8 nitrogen and oxygen atoms in total. The lowest BCUT2D eigenvalue weighted by molar-refractivity contribution is -0.105. The number of para-hydroxylation sites is 2. The van der Waals surface area contributed by atoms with Gasteiger partial charge in [-0.2, -0.15) is 0 Å². The van der Waals surface area contributed by atoms with Crippen LogP contribution in [0, 0.1) is 119 Å². The molecular formula is C105H157I3N8. The Morgan fingerprint density at radius 1 is 0.353 bits per heavy atom. The maximum Gasteiger partial charge on any atom is 0.0989 e. The Morgan fingerprint density at radius 3 is 0.819 bits per heavy atom. The summed E-state index contributed by atoms with van der Waals surface area (Å²) < 4.78 is 3.45. The summed E-state index contributed by atoms with van der Waals surface area (Å²) in [4.78, 5) is 20.0. The van der Waals surface area contributed by atoms with E-state index >= 15 is 0 Å². The van der Waals surface area contributed by atoms with Crippen molar-refractivity contribution in [3.63, 3.8) is 0 Å². The number of anilines is 4. The van der Waals surface area contributed by atoms with Gasteiger partial charge in [-0.3, -0.25) is 0 Å². The molecule has 5 aromatic rings. The van der Waals surface area contributed by atoms with Gasteiger partial charge in [0.2, 0.25) is 0 Å². The van der Waals surface area contributed by atoms with Crippen molar-refractivity contribution < 1.29 is 0 Å². The summed E-state index contributed by atoms with van der Waals surface area (Å²) in [7, 11) is 0. The van der Waals surface area contributed by atoms with E-state index in [1.807, 2.05) is 0 Å². The molecule has 12 saturated carbocycles. The Balaban J connectivity index is 0.000000140. The summed E-state index contributed by atoms with van der Waals surface area (Å²) in [6.07, 6.45) is 47.6. The van der Waals surface area contributed by atoms with Crippen molar-refractivity contribution in [3.8, 4) is 0 Å². The summed E-state index contributed by atoms with van der Waals surface area (Å²) in [6, 6.07) is 27.1. The van der Waals surface area contributed by atoms with E-state index < -0.39 is 0 Å². The zero-order valence-electron chi connectivity index (χ0n) is 76.2. The first-order valence-corrected chi connectivity index (χ1v) is 49.2. The van der Waals surface area contributed by atoms with Crippen LogP contribution in [0.3, 0.4) is 0 Å². The zero-order chi connectivity index (χ0) is 83.1. The highest BCUT2D eigenvalue weighted by molar-refractivity contribution is 14.1. The van der Waals surface area contributed by atoms with Crippen molar-refractivity contribution in [3.05, 3.63) is 198 Å². The second kappa shape index (κ2) is 38.2. The van der Waals surface area contributed by atoms with Crippen molar-refractivity contribution in [2.45, 2.75) is 345 Å². The van der Waals surface area contributed by atoms with E-state index in [9.17, 15) is 0 Å². The number of aryl methyl sites for hydroxylation is 9. The number of hydrogen-bond donors (Lipinski definition) is 0. The van der Waals surface area contributed by atoms with Gasteiger partial charge >= 0.3 is 0 Å². The monoisotopic (exact) mass is 1910 g/mol. The average molecular weight is 1910 g/mol. The highest BCUT2D eigenvalue weighted by Gasteiger charge is 2.58. The Bertz CT molecular complexity index is 3830. The fourth-order valence-corrected chi connectivity index (χ4v) is 26.9. The minimum Gasteiger partial charge on any atom is -0.354 e. The fourth-order valence-electron chi connectivity index (χ4n) is 24.7. The second-order valence-corrected chi connectivity index (χ2v) is 46.7. The van der Waals surface area contributed by atoms with Crippen LogP contribution < -0.4 is 19.6 Å². The lowest BCUT2D eigenvalue weighted by Gasteiger charge is -2.62. The number of alkyl halides is 2. The van der Waals surface area contributed by atoms with Gasteiger partial charge in [0.05, 0.1) is 26.7 Å². The zero-order valence-corrected chi connectivity index (χ0v) is 82.7. The molecule has 0 amide bonds. The normalized spacial score (nSPS) is 27.8. The summed E-state index contributed by atoms with van der Waals surface area (Å²) in [6.45, 7) is 57.5. The average Bonchev–Trinajstić information content (AvgIpc) is 1.42. The molecule has 16 aliphatic rings. The number of benzene rings is 5. The van der Waals surface area contributed by atoms with E-state index in [0.29, 0.717) is 34.7 Å². The molecule has 12 bridgehead atoms. The third-order valence-electron chi connectivity index (χ3n) is 28.7. The van der Waals surface area contributed by atoms with Crippen LogP contribution in [0.25, 0.3) is 0 Å². The molecule has 5 aromatic carbocycles. The predicted molar refractivity (Wildman–Crippen MR) is 529 cm³/mol. The van der Waals surface area contributed by atoms with Crippen LogP contribution in [-0.4, -0.2) is 76.3 Å². The van der Waals surface area contributed by atoms with Gasteiger partial charge in [0.15, 0.2) is 0 Å². The molecule has 12 aliphatic carbocycles. The highest BCUT2D eigenvalue weighted by atomic mass is 127. The maximum absolute atomic E-state index is 2.86. The van der Waals surface area contributed by atoms with Crippen molar-refractivity contribution in [2.75, 3.05) is 50.7 Å². The molecule has 11 heteroatoms. The van der Waals surface area contributed by atoms with E-state index in [0.717, 1.165) is 76.7 Å². The van der Waals surface area contributed by atoms with Gasteiger partial charge in [-0.25, -0.2) is 0 Å². The molecule has 12 fully saturated rings. The van der Waals surface area contributed by atoms with E-state index in [1.54, 1.807) is 77.0 Å². The van der Waals surface area contributed by atoms with Gasteiger partial charge in [-0.05, 0) is 385 Å². The fraction of sp³-hybridized carbons (Fsp3) is 0.638. The van der Waals surface area contributed by atoms with Crippen molar-refractivity contribution in [2.24, 2.45) is 53.3 Å². The molecule has 0 unspecified atom stereocenters. The summed E-state index contributed by atoms with van der Waals surface area (Å²) in [5.41, 5.74) is 24.9. The molecule has 0 N–H and O–H groups in total.